The third-order valence-corrected chi connectivity index (χ3v) is 5.66. The second-order valence-electron chi connectivity index (χ2n) is 5.08. The molecule has 0 saturated heterocycles. The smallest absolute Gasteiger partial charge is 0.135 e. The molecule has 4 nitrogen and oxygen atoms in total. The van der Waals surface area contributed by atoms with Crippen LogP contribution in [0.5, 0.6) is 0 Å². The Morgan fingerprint density at radius 3 is 2.86 bits per heavy atom. The van der Waals surface area contributed by atoms with Gasteiger partial charge in [0.1, 0.15) is 16.6 Å². The van der Waals surface area contributed by atoms with Crippen molar-refractivity contribution in [1.29, 1.82) is 5.41 Å². The van der Waals surface area contributed by atoms with Crippen LogP contribution in [-0.4, -0.2) is 33.9 Å². The molecule has 0 amide bonds. The van der Waals surface area contributed by atoms with Gasteiger partial charge in [-0.15, -0.1) is 22.7 Å². The normalized spacial score (nSPS) is 15.3. The molecule has 6 heteroatoms. The van der Waals surface area contributed by atoms with Crippen LogP contribution in [0.15, 0.2) is 23.3 Å². The molecule has 0 spiro atoms. The number of aliphatic hydroxyl groups is 1. The fourth-order valence-electron chi connectivity index (χ4n) is 2.33. The number of nitrogens with zero attached hydrogens (tertiary/aromatic N) is 2. The van der Waals surface area contributed by atoms with Crippen LogP contribution in [0, 0.1) is 19.3 Å². The van der Waals surface area contributed by atoms with E-state index < -0.39 is 0 Å². The summed E-state index contributed by atoms with van der Waals surface area (Å²) in [7, 11) is 0. The molecule has 0 radical (unpaired) electrons. The van der Waals surface area contributed by atoms with Gasteiger partial charge in [0.25, 0.3) is 0 Å². The Morgan fingerprint density at radius 1 is 1.43 bits per heavy atom. The van der Waals surface area contributed by atoms with Crippen LogP contribution in [0.4, 0.5) is 0 Å². The zero-order valence-corrected chi connectivity index (χ0v) is 13.6. The lowest BCUT2D eigenvalue weighted by Crippen LogP contribution is -2.28. The van der Waals surface area contributed by atoms with Crippen molar-refractivity contribution in [3.63, 3.8) is 0 Å². The number of rotatable bonds is 4. The minimum atomic E-state index is 0.264. The van der Waals surface area contributed by atoms with E-state index in [1.165, 1.54) is 4.88 Å². The molecule has 0 aliphatic carbocycles. The molecular weight excluding hydrogens is 302 g/mol. The lowest BCUT2D eigenvalue weighted by Gasteiger charge is -2.17. The monoisotopic (exact) mass is 319 g/mol. The molecule has 3 heterocycles. The van der Waals surface area contributed by atoms with Gasteiger partial charge in [-0.1, -0.05) is 6.07 Å². The van der Waals surface area contributed by atoms with Gasteiger partial charge in [0.05, 0.1) is 17.8 Å². The molecule has 2 N–H and O–H groups in total. The first-order valence-corrected chi connectivity index (χ1v) is 8.48. The van der Waals surface area contributed by atoms with Crippen LogP contribution in [0.3, 0.4) is 0 Å². The van der Waals surface area contributed by atoms with E-state index in [-0.39, 0.29) is 5.76 Å². The van der Waals surface area contributed by atoms with Crippen LogP contribution in [0.25, 0.3) is 5.57 Å². The molecule has 0 saturated carbocycles. The number of aliphatic hydroxyl groups excluding tert-OH is 1. The largest absolute Gasteiger partial charge is 0.510 e. The Labute approximate surface area is 131 Å². The highest BCUT2D eigenvalue weighted by Gasteiger charge is 2.30. The third kappa shape index (κ3) is 2.73. The molecule has 21 heavy (non-hydrogen) atoms. The molecule has 110 valence electrons. The standard InChI is InChI=1S/C15H17N3OS2/c1-9-10(2)21-15(17-9)13-12(19)8-18(14(13)16)6-5-11-4-3-7-20-11/h3-4,7,16,19H,5-6,8H2,1-2H3. The Bertz CT molecular complexity index is 681. The number of amidine groups is 1. The average molecular weight is 319 g/mol. The van der Waals surface area contributed by atoms with Gasteiger partial charge in [0.2, 0.25) is 0 Å². The van der Waals surface area contributed by atoms with E-state index in [4.69, 9.17) is 5.41 Å². The van der Waals surface area contributed by atoms with Crippen LogP contribution in [-0.2, 0) is 6.42 Å². The predicted octanol–water partition coefficient (Wildman–Crippen LogP) is 3.63. The molecule has 1 aliphatic rings. The Kier molecular flexibility index (Phi) is 3.82. The van der Waals surface area contributed by atoms with Crippen LogP contribution >= 0.6 is 22.7 Å². The topological polar surface area (TPSA) is 60.2 Å². The number of aromatic nitrogens is 1. The van der Waals surface area contributed by atoms with Crippen molar-refractivity contribution in [1.82, 2.24) is 9.88 Å². The van der Waals surface area contributed by atoms with Crippen molar-refractivity contribution >= 4 is 34.1 Å². The van der Waals surface area contributed by atoms with E-state index in [1.54, 1.807) is 22.7 Å². The summed E-state index contributed by atoms with van der Waals surface area (Å²) in [5.41, 5.74) is 1.57. The highest BCUT2D eigenvalue weighted by Crippen LogP contribution is 2.31. The Balaban J connectivity index is 1.74. The SMILES string of the molecule is Cc1nc(C2=C(O)CN(CCc3cccs3)C2=N)sc1C. The number of aryl methyl sites for hydroxylation is 2. The molecule has 0 bridgehead atoms. The van der Waals surface area contributed by atoms with E-state index in [0.29, 0.717) is 18.0 Å². The fraction of sp³-hybridized carbons (Fsp3) is 0.333. The first-order chi connectivity index (χ1) is 10.1. The molecule has 0 aromatic carbocycles. The summed E-state index contributed by atoms with van der Waals surface area (Å²) in [5, 5.41) is 21.3. The maximum atomic E-state index is 10.2. The molecule has 0 fully saturated rings. The van der Waals surface area contributed by atoms with E-state index >= 15 is 0 Å². The summed E-state index contributed by atoms with van der Waals surface area (Å²) in [4.78, 5) is 8.82. The Hall–Kier alpha value is -1.66. The first kappa shape index (κ1) is 14.3. The summed E-state index contributed by atoms with van der Waals surface area (Å²) in [6.07, 6.45) is 0.899. The quantitative estimate of drug-likeness (QED) is 0.904. The molecule has 0 atom stereocenters. The fourth-order valence-corrected chi connectivity index (χ4v) is 4.01. The second-order valence-corrected chi connectivity index (χ2v) is 7.32. The summed E-state index contributed by atoms with van der Waals surface area (Å²) >= 11 is 3.27. The number of thiophene rings is 1. The minimum absolute atomic E-state index is 0.264. The lowest BCUT2D eigenvalue weighted by atomic mass is 10.2. The van der Waals surface area contributed by atoms with Gasteiger partial charge < -0.3 is 10.0 Å². The number of thiazole rings is 1. The number of hydrogen-bond acceptors (Lipinski definition) is 5. The van der Waals surface area contributed by atoms with Crippen molar-refractivity contribution in [2.45, 2.75) is 20.3 Å². The van der Waals surface area contributed by atoms with Gasteiger partial charge >= 0.3 is 0 Å². The van der Waals surface area contributed by atoms with Crippen molar-refractivity contribution < 1.29 is 5.11 Å². The van der Waals surface area contributed by atoms with Gasteiger partial charge in [0.15, 0.2) is 0 Å². The van der Waals surface area contributed by atoms with Crippen molar-refractivity contribution in [2.75, 3.05) is 13.1 Å². The third-order valence-electron chi connectivity index (χ3n) is 3.63. The molecule has 3 rings (SSSR count). The summed E-state index contributed by atoms with van der Waals surface area (Å²) in [6.45, 7) is 5.13. The van der Waals surface area contributed by atoms with Gasteiger partial charge in [0, 0.05) is 16.3 Å². The van der Waals surface area contributed by atoms with E-state index in [1.807, 2.05) is 24.8 Å². The second kappa shape index (κ2) is 5.61. The molecule has 0 unspecified atom stereocenters. The van der Waals surface area contributed by atoms with Crippen LogP contribution in [0.2, 0.25) is 0 Å². The van der Waals surface area contributed by atoms with Crippen molar-refractivity contribution in [3.8, 4) is 0 Å². The predicted molar refractivity (Wildman–Crippen MR) is 88.5 cm³/mol. The van der Waals surface area contributed by atoms with Crippen molar-refractivity contribution in [3.05, 3.63) is 43.7 Å². The highest BCUT2D eigenvalue weighted by molar-refractivity contribution is 7.13. The minimum Gasteiger partial charge on any atom is -0.510 e. The summed E-state index contributed by atoms with van der Waals surface area (Å²) in [5.74, 6) is 0.651. The summed E-state index contributed by atoms with van der Waals surface area (Å²) < 4.78 is 0. The zero-order valence-electron chi connectivity index (χ0n) is 12.0. The molecule has 2 aromatic rings. The lowest BCUT2D eigenvalue weighted by molar-refractivity contribution is 0.351. The highest BCUT2D eigenvalue weighted by atomic mass is 32.1. The molecular formula is C15H17N3OS2. The van der Waals surface area contributed by atoms with Crippen LogP contribution < -0.4 is 0 Å². The summed E-state index contributed by atoms with van der Waals surface area (Å²) in [6, 6.07) is 4.14. The average Bonchev–Trinajstić information content (AvgIpc) is 3.11. The van der Waals surface area contributed by atoms with Gasteiger partial charge in [-0.25, -0.2) is 4.98 Å². The Morgan fingerprint density at radius 2 is 2.24 bits per heavy atom. The van der Waals surface area contributed by atoms with Gasteiger partial charge in [-0.05, 0) is 31.7 Å². The van der Waals surface area contributed by atoms with E-state index in [9.17, 15) is 5.11 Å². The first-order valence-electron chi connectivity index (χ1n) is 6.79. The van der Waals surface area contributed by atoms with Crippen molar-refractivity contribution in [2.24, 2.45) is 0 Å². The zero-order chi connectivity index (χ0) is 15.0. The number of hydrogen-bond donors (Lipinski definition) is 2. The van der Waals surface area contributed by atoms with E-state index in [2.05, 4.69) is 16.4 Å². The van der Waals surface area contributed by atoms with Gasteiger partial charge in [-0.2, -0.15) is 0 Å². The number of nitrogens with one attached hydrogen (secondary N) is 1. The van der Waals surface area contributed by atoms with Gasteiger partial charge in [-0.3, -0.25) is 5.41 Å². The van der Waals surface area contributed by atoms with E-state index in [0.717, 1.165) is 28.5 Å². The maximum absolute atomic E-state index is 10.2. The molecule has 2 aromatic heterocycles. The maximum Gasteiger partial charge on any atom is 0.135 e. The van der Waals surface area contributed by atoms with Crippen LogP contribution in [0.1, 0.15) is 20.5 Å². The molecule has 1 aliphatic heterocycles.